The van der Waals surface area contributed by atoms with Crippen molar-refractivity contribution in [2.75, 3.05) is 17.8 Å². The van der Waals surface area contributed by atoms with Crippen LogP contribution in [0.4, 0.5) is 5.69 Å². The van der Waals surface area contributed by atoms with Crippen molar-refractivity contribution in [1.29, 1.82) is 0 Å². The molecule has 1 fully saturated rings. The number of hydrogen-bond donors (Lipinski definition) is 1. The minimum absolute atomic E-state index is 0.178. The lowest BCUT2D eigenvalue weighted by atomic mass is 10.1. The number of likely N-dealkylation sites (tertiary alicyclic amines) is 1. The molecule has 1 amide bonds. The molecule has 6 nitrogen and oxygen atoms in total. The molecule has 1 aliphatic heterocycles. The molecule has 1 aromatic heterocycles. The van der Waals surface area contributed by atoms with Crippen LogP contribution in [0.2, 0.25) is 0 Å². The van der Waals surface area contributed by atoms with E-state index in [0.717, 1.165) is 0 Å². The van der Waals surface area contributed by atoms with Gasteiger partial charge in [-0.05, 0) is 37.1 Å². The third-order valence-corrected chi connectivity index (χ3v) is 5.80. The molecule has 1 aliphatic rings. The van der Waals surface area contributed by atoms with Gasteiger partial charge in [-0.25, -0.2) is 8.42 Å². The summed E-state index contributed by atoms with van der Waals surface area (Å²) in [6, 6.07) is 13.9. The zero-order chi connectivity index (χ0) is 17.0. The first-order valence-corrected chi connectivity index (χ1v) is 9.38. The second kappa shape index (κ2) is 7.00. The topological polar surface area (TPSA) is 79.4 Å². The van der Waals surface area contributed by atoms with Crippen molar-refractivity contribution in [2.24, 2.45) is 0 Å². The molecular weight excluding hydrogens is 326 g/mol. The number of sulfonamides is 1. The molecule has 3 rings (SSSR count). The van der Waals surface area contributed by atoms with Crippen molar-refractivity contribution in [2.45, 2.75) is 18.1 Å². The summed E-state index contributed by atoms with van der Waals surface area (Å²) in [7, 11) is -3.55. The molecule has 0 unspecified atom stereocenters. The van der Waals surface area contributed by atoms with Gasteiger partial charge >= 0.3 is 0 Å². The molecule has 7 heteroatoms. The Kier molecular flexibility index (Phi) is 4.80. The summed E-state index contributed by atoms with van der Waals surface area (Å²) >= 11 is 0. The maximum absolute atomic E-state index is 12.6. The Morgan fingerprint density at radius 2 is 1.88 bits per heavy atom. The van der Waals surface area contributed by atoms with Crippen LogP contribution in [-0.2, 0) is 10.0 Å². The largest absolute Gasteiger partial charge is 0.336 e. The molecule has 1 aromatic carbocycles. The molecule has 0 spiro atoms. The maximum Gasteiger partial charge on any atom is 0.272 e. The third kappa shape index (κ3) is 3.73. The van der Waals surface area contributed by atoms with Crippen LogP contribution in [0.1, 0.15) is 23.3 Å². The summed E-state index contributed by atoms with van der Waals surface area (Å²) in [4.78, 5) is 18.1. The highest BCUT2D eigenvalue weighted by atomic mass is 32.2. The molecule has 1 N–H and O–H groups in total. The second-order valence-electron chi connectivity index (χ2n) is 5.74. The standard InChI is InChI=1S/C17H19N3O3S/c21-17(16-10-4-5-11-18-16)20-12-6-9-15(13-20)24(22,23)19-14-7-2-1-3-8-14/h1-5,7-8,10-11,15,19H,6,9,12-13H2/t15-/m1/s1. The maximum atomic E-state index is 12.6. The Hall–Kier alpha value is -2.41. The van der Waals surface area contributed by atoms with Crippen molar-refractivity contribution in [3.05, 3.63) is 60.4 Å². The summed E-state index contributed by atoms with van der Waals surface area (Å²) in [6.07, 6.45) is 2.75. The SMILES string of the molecule is O=C(c1ccccn1)N1CCC[C@@H](S(=O)(=O)Nc2ccccc2)C1. The van der Waals surface area contributed by atoms with Gasteiger partial charge in [0.2, 0.25) is 10.0 Å². The number of carbonyl (C=O) groups excluding carboxylic acids is 1. The molecule has 1 saturated heterocycles. The highest BCUT2D eigenvalue weighted by Crippen LogP contribution is 2.21. The lowest BCUT2D eigenvalue weighted by Gasteiger charge is -2.32. The number of amides is 1. The third-order valence-electron chi connectivity index (χ3n) is 4.02. The van der Waals surface area contributed by atoms with Crippen molar-refractivity contribution in [1.82, 2.24) is 9.88 Å². The van der Waals surface area contributed by atoms with E-state index in [9.17, 15) is 13.2 Å². The molecule has 2 aromatic rings. The molecular formula is C17H19N3O3S. The molecule has 0 radical (unpaired) electrons. The summed E-state index contributed by atoms with van der Waals surface area (Å²) in [5.74, 6) is -0.227. The van der Waals surface area contributed by atoms with Crippen LogP contribution in [0.25, 0.3) is 0 Å². The van der Waals surface area contributed by atoms with Crippen LogP contribution in [0.15, 0.2) is 54.7 Å². The number of rotatable bonds is 4. The number of nitrogens with zero attached hydrogens (tertiary/aromatic N) is 2. The summed E-state index contributed by atoms with van der Waals surface area (Å²) in [5, 5.41) is -0.626. The lowest BCUT2D eigenvalue weighted by molar-refractivity contribution is 0.0721. The fraction of sp³-hybridized carbons (Fsp3) is 0.294. The molecule has 0 aliphatic carbocycles. The first-order chi connectivity index (χ1) is 11.6. The average molecular weight is 345 g/mol. The highest BCUT2D eigenvalue weighted by molar-refractivity contribution is 7.93. The minimum Gasteiger partial charge on any atom is -0.336 e. The Morgan fingerprint density at radius 3 is 2.58 bits per heavy atom. The minimum atomic E-state index is -3.55. The lowest BCUT2D eigenvalue weighted by Crippen LogP contribution is -2.46. The van der Waals surface area contributed by atoms with Crippen LogP contribution < -0.4 is 4.72 Å². The van der Waals surface area contributed by atoms with E-state index in [-0.39, 0.29) is 12.5 Å². The second-order valence-corrected chi connectivity index (χ2v) is 7.70. The number of nitrogens with one attached hydrogen (secondary N) is 1. The average Bonchev–Trinajstić information content (AvgIpc) is 2.62. The van der Waals surface area contributed by atoms with E-state index in [2.05, 4.69) is 9.71 Å². The molecule has 24 heavy (non-hydrogen) atoms. The first-order valence-electron chi connectivity index (χ1n) is 7.83. The summed E-state index contributed by atoms with van der Waals surface area (Å²) in [5.41, 5.74) is 0.872. The number of carbonyl (C=O) groups is 1. The quantitative estimate of drug-likeness (QED) is 0.921. The van der Waals surface area contributed by atoms with E-state index in [0.29, 0.717) is 30.8 Å². The number of aromatic nitrogens is 1. The predicted molar refractivity (Wildman–Crippen MR) is 92.1 cm³/mol. The van der Waals surface area contributed by atoms with Crippen molar-refractivity contribution < 1.29 is 13.2 Å². The molecule has 0 saturated carbocycles. The normalized spacial score (nSPS) is 18.2. The highest BCUT2D eigenvalue weighted by Gasteiger charge is 2.33. The van der Waals surface area contributed by atoms with Gasteiger partial charge in [-0.3, -0.25) is 14.5 Å². The van der Waals surface area contributed by atoms with E-state index in [1.54, 1.807) is 53.6 Å². The van der Waals surface area contributed by atoms with Crippen LogP contribution >= 0.6 is 0 Å². The van der Waals surface area contributed by atoms with Gasteiger partial charge in [0.15, 0.2) is 0 Å². The van der Waals surface area contributed by atoms with Gasteiger partial charge in [-0.2, -0.15) is 0 Å². The van der Waals surface area contributed by atoms with Gasteiger partial charge in [0, 0.05) is 25.0 Å². The van der Waals surface area contributed by atoms with E-state index < -0.39 is 15.3 Å². The smallest absolute Gasteiger partial charge is 0.272 e. The van der Waals surface area contributed by atoms with Crippen molar-refractivity contribution >= 4 is 21.6 Å². The van der Waals surface area contributed by atoms with Crippen LogP contribution in [-0.4, -0.2) is 42.5 Å². The predicted octanol–water partition coefficient (Wildman–Crippen LogP) is 2.13. The molecule has 2 heterocycles. The van der Waals surface area contributed by atoms with Crippen LogP contribution in [0.3, 0.4) is 0 Å². The molecule has 0 bridgehead atoms. The number of benzene rings is 1. The Bertz CT molecular complexity index is 794. The fourth-order valence-corrected chi connectivity index (χ4v) is 4.27. The number of anilines is 1. The zero-order valence-electron chi connectivity index (χ0n) is 13.1. The van der Waals surface area contributed by atoms with Crippen molar-refractivity contribution in [3.8, 4) is 0 Å². The molecule has 126 valence electrons. The van der Waals surface area contributed by atoms with Gasteiger partial charge in [-0.1, -0.05) is 24.3 Å². The van der Waals surface area contributed by atoms with E-state index in [4.69, 9.17) is 0 Å². The van der Waals surface area contributed by atoms with Gasteiger partial charge in [0.25, 0.3) is 5.91 Å². The van der Waals surface area contributed by atoms with Crippen LogP contribution in [0, 0.1) is 0 Å². The summed E-state index contributed by atoms with van der Waals surface area (Å²) < 4.78 is 27.8. The Balaban J connectivity index is 1.72. The molecule has 1 atom stereocenters. The Morgan fingerprint density at radius 1 is 1.12 bits per heavy atom. The van der Waals surface area contributed by atoms with Gasteiger partial charge in [-0.15, -0.1) is 0 Å². The number of pyridine rings is 1. The van der Waals surface area contributed by atoms with Gasteiger partial charge in [0.05, 0.1) is 5.25 Å². The van der Waals surface area contributed by atoms with Gasteiger partial charge in [0.1, 0.15) is 5.69 Å². The number of hydrogen-bond acceptors (Lipinski definition) is 4. The zero-order valence-corrected chi connectivity index (χ0v) is 13.9. The van der Waals surface area contributed by atoms with Crippen molar-refractivity contribution in [3.63, 3.8) is 0 Å². The van der Waals surface area contributed by atoms with E-state index in [1.807, 2.05) is 6.07 Å². The Labute approximate surface area is 141 Å². The monoisotopic (exact) mass is 345 g/mol. The number of para-hydroxylation sites is 1. The first kappa shape index (κ1) is 16.4. The fourth-order valence-electron chi connectivity index (χ4n) is 2.78. The van der Waals surface area contributed by atoms with E-state index in [1.165, 1.54) is 0 Å². The van der Waals surface area contributed by atoms with Gasteiger partial charge < -0.3 is 4.90 Å². The van der Waals surface area contributed by atoms with Crippen LogP contribution in [0.5, 0.6) is 0 Å². The number of piperidine rings is 1. The summed E-state index contributed by atoms with van der Waals surface area (Å²) in [6.45, 7) is 0.727. The van der Waals surface area contributed by atoms with E-state index >= 15 is 0 Å².